The lowest BCUT2D eigenvalue weighted by Crippen LogP contribution is -2.59. The van der Waals surface area contributed by atoms with Crippen LogP contribution in [0.4, 0.5) is 5.69 Å². The third-order valence-electron chi connectivity index (χ3n) is 6.64. The van der Waals surface area contributed by atoms with E-state index in [-0.39, 0.29) is 28.8 Å². The zero-order chi connectivity index (χ0) is 24.5. The molecule has 2 saturated heterocycles. The summed E-state index contributed by atoms with van der Waals surface area (Å²) in [6.07, 6.45) is 0. The fraction of sp³-hybridized carbons (Fsp3) is 0.360. The van der Waals surface area contributed by atoms with Crippen LogP contribution in [0.1, 0.15) is 10.4 Å². The smallest absolute Gasteiger partial charge is 0.255 e. The van der Waals surface area contributed by atoms with Gasteiger partial charge in [0.05, 0.1) is 34.9 Å². The van der Waals surface area contributed by atoms with Gasteiger partial charge in [0.1, 0.15) is 5.75 Å². The Hall–Kier alpha value is -2.78. The van der Waals surface area contributed by atoms with Gasteiger partial charge < -0.3 is 24.6 Å². The number of morpholine rings is 1. The number of pyridine rings is 1. The Bertz CT molecular complexity index is 1310. The second-order valence-electron chi connectivity index (χ2n) is 8.89. The number of hydrogen-bond donors (Lipinski definition) is 2. The van der Waals surface area contributed by atoms with Crippen molar-refractivity contribution in [2.75, 3.05) is 57.4 Å². The predicted molar refractivity (Wildman–Crippen MR) is 137 cm³/mol. The van der Waals surface area contributed by atoms with Gasteiger partial charge in [0.2, 0.25) is 5.56 Å². The Labute approximate surface area is 212 Å². The number of carbonyl (C=O) groups is 1. The van der Waals surface area contributed by atoms with Gasteiger partial charge >= 0.3 is 0 Å². The molecule has 0 bridgehead atoms. The van der Waals surface area contributed by atoms with Crippen LogP contribution >= 0.6 is 23.2 Å². The van der Waals surface area contributed by atoms with Gasteiger partial charge in [0.15, 0.2) is 0 Å². The molecule has 1 atom stereocenters. The van der Waals surface area contributed by atoms with Gasteiger partial charge in [-0.15, -0.1) is 0 Å². The molecule has 0 saturated carbocycles. The summed E-state index contributed by atoms with van der Waals surface area (Å²) in [7, 11) is 0. The topological polar surface area (TPSA) is 89.1 Å². The molecule has 0 aliphatic carbocycles. The maximum absolute atomic E-state index is 13.9. The number of rotatable bonds is 4. The van der Waals surface area contributed by atoms with Gasteiger partial charge in [-0.2, -0.15) is 0 Å². The van der Waals surface area contributed by atoms with Crippen LogP contribution in [-0.2, 0) is 4.74 Å². The SMILES string of the molecule is O=C(c1cc(=O)[nH]c2ccc(O)cc12)N1CCN(c2ccc(Cl)c(Cl)c2)CC1CN1CCOCC1. The number of ether oxygens (including phenoxy) is 1. The van der Waals surface area contributed by atoms with Gasteiger partial charge in [-0.25, -0.2) is 0 Å². The van der Waals surface area contributed by atoms with E-state index in [4.69, 9.17) is 27.9 Å². The molecule has 184 valence electrons. The Morgan fingerprint density at radius 3 is 2.60 bits per heavy atom. The number of nitrogens with zero attached hydrogens (tertiary/aromatic N) is 3. The van der Waals surface area contributed by atoms with Gasteiger partial charge in [0.25, 0.3) is 5.91 Å². The van der Waals surface area contributed by atoms with Crippen LogP contribution in [0.2, 0.25) is 10.0 Å². The first-order valence-corrected chi connectivity index (χ1v) is 12.3. The molecule has 35 heavy (non-hydrogen) atoms. The van der Waals surface area contributed by atoms with Crippen molar-refractivity contribution in [3.8, 4) is 5.75 Å². The Morgan fingerprint density at radius 2 is 1.83 bits per heavy atom. The maximum atomic E-state index is 13.9. The molecule has 2 fully saturated rings. The van der Waals surface area contributed by atoms with Crippen molar-refractivity contribution in [1.82, 2.24) is 14.8 Å². The number of nitrogens with one attached hydrogen (secondary N) is 1. The number of anilines is 1. The van der Waals surface area contributed by atoms with Crippen LogP contribution in [0.3, 0.4) is 0 Å². The number of phenols is 1. The van der Waals surface area contributed by atoms with Crippen molar-refractivity contribution < 1.29 is 14.6 Å². The summed E-state index contributed by atoms with van der Waals surface area (Å²) in [5.41, 5.74) is 1.39. The molecule has 5 rings (SSSR count). The van der Waals surface area contributed by atoms with E-state index in [2.05, 4.69) is 14.8 Å². The molecular formula is C25H26Cl2N4O4. The van der Waals surface area contributed by atoms with Crippen molar-refractivity contribution >= 4 is 45.7 Å². The Kier molecular flexibility index (Phi) is 6.88. The first-order chi connectivity index (χ1) is 16.9. The van der Waals surface area contributed by atoms with Crippen LogP contribution in [-0.4, -0.2) is 84.3 Å². The number of fused-ring (bicyclic) bond motifs is 1. The Morgan fingerprint density at radius 1 is 1.03 bits per heavy atom. The van der Waals surface area contributed by atoms with Gasteiger partial charge in [-0.3, -0.25) is 14.5 Å². The molecule has 2 aliphatic heterocycles. The summed E-state index contributed by atoms with van der Waals surface area (Å²) in [6, 6.07) is 11.4. The van der Waals surface area contributed by atoms with E-state index in [9.17, 15) is 14.7 Å². The fourth-order valence-corrected chi connectivity index (χ4v) is 5.14. The van der Waals surface area contributed by atoms with E-state index in [1.807, 2.05) is 17.0 Å². The molecule has 3 heterocycles. The summed E-state index contributed by atoms with van der Waals surface area (Å²) in [5, 5.41) is 11.5. The molecule has 8 nitrogen and oxygen atoms in total. The number of benzene rings is 2. The summed E-state index contributed by atoms with van der Waals surface area (Å²) in [5.74, 6) is -0.188. The molecule has 2 aliphatic rings. The number of halogens is 2. The number of H-pyrrole nitrogens is 1. The number of phenolic OH excluding ortho intramolecular Hbond substituents is 1. The highest BCUT2D eigenvalue weighted by Gasteiger charge is 2.34. The average Bonchev–Trinajstić information content (AvgIpc) is 2.86. The lowest BCUT2D eigenvalue weighted by atomic mass is 10.0. The van der Waals surface area contributed by atoms with Crippen LogP contribution in [0.25, 0.3) is 10.9 Å². The minimum atomic E-state index is -0.356. The van der Waals surface area contributed by atoms with E-state index in [0.29, 0.717) is 60.3 Å². The van der Waals surface area contributed by atoms with Gasteiger partial charge in [-0.1, -0.05) is 23.2 Å². The summed E-state index contributed by atoms with van der Waals surface area (Å²) >= 11 is 12.4. The van der Waals surface area contributed by atoms with Crippen LogP contribution in [0.5, 0.6) is 5.75 Å². The second-order valence-corrected chi connectivity index (χ2v) is 9.70. The minimum absolute atomic E-state index is 0.0351. The highest BCUT2D eigenvalue weighted by Crippen LogP contribution is 2.30. The van der Waals surface area contributed by atoms with Crippen LogP contribution in [0.15, 0.2) is 47.3 Å². The highest BCUT2D eigenvalue weighted by molar-refractivity contribution is 6.42. The van der Waals surface area contributed by atoms with E-state index >= 15 is 0 Å². The molecular weight excluding hydrogens is 491 g/mol. The highest BCUT2D eigenvalue weighted by atomic mass is 35.5. The van der Waals surface area contributed by atoms with Crippen molar-refractivity contribution in [1.29, 1.82) is 0 Å². The van der Waals surface area contributed by atoms with Crippen molar-refractivity contribution in [2.45, 2.75) is 6.04 Å². The van der Waals surface area contributed by atoms with Crippen LogP contribution < -0.4 is 10.5 Å². The fourth-order valence-electron chi connectivity index (χ4n) is 4.85. The van der Waals surface area contributed by atoms with Crippen molar-refractivity contribution in [2.24, 2.45) is 0 Å². The second kappa shape index (κ2) is 10.1. The third kappa shape index (κ3) is 5.11. The molecule has 0 radical (unpaired) electrons. The molecule has 1 aromatic heterocycles. The van der Waals surface area contributed by atoms with Crippen molar-refractivity contribution in [3.05, 3.63) is 68.4 Å². The quantitative estimate of drug-likeness (QED) is 0.553. The maximum Gasteiger partial charge on any atom is 0.255 e. The van der Waals surface area contributed by atoms with E-state index in [1.54, 1.807) is 12.1 Å². The standard InChI is InChI=1S/C25H26Cl2N4O4/c26-21-3-1-16(11-22(21)27)30-5-6-31(17(15-30)14-29-7-9-35-10-8-29)25(34)20-13-24(33)28-23-4-2-18(32)12-19(20)23/h1-4,11-13,17,32H,5-10,14-15H2,(H,28,33). The normalized spacial score (nSPS) is 19.3. The summed E-state index contributed by atoms with van der Waals surface area (Å²) < 4.78 is 5.50. The first-order valence-electron chi connectivity index (χ1n) is 11.6. The van der Waals surface area contributed by atoms with E-state index < -0.39 is 0 Å². The number of aromatic hydroxyl groups is 1. The number of amides is 1. The Balaban J connectivity index is 1.47. The zero-order valence-corrected chi connectivity index (χ0v) is 20.6. The monoisotopic (exact) mass is 516 g/mol. The van der Waals surface area contributed by atoms with E-state index in [1.165, 1.54) is 18.2 Å². The molecule has 0 spiro atoms. The first kappa shape index (κ1) is 23.9. The molecule has 2 N–H and O–H groups in total. The number of aromatic amines is 1. The zero-order valence-electron chi connectivity index (χ0n) is 19.0. The number of hydrogen-bond acceptors (Lipinski definition) is 6. The lowest BCUT2D eigenvalue weighted by Gasteiger charge is -2.44. The average molecular weight is 517 g/mol. The largest absolute Gasteiger partial charge is 0.508 e. The molecule has 2 aromatic carbocycles. The van der Waals surface area contributed by atoms with Crippen molar-refractivity contribution in [3.63, 3.8) is 0 Å². The number of aromatic nitrogens is 1. The van der Waals surface area contributed by atoms with Crippen LogP contribution in [0, 0.1) is 0 Å². The third-order valence-corrected chi connectivity index (χ3v) is 7.38. The molecule has 10 heteroatoms. The molecule has 1 unspecified atom stereocenters. The van der Waals surface area contributed by atoms with E-state index in [0.717, 1.165) is 18.8 Å². The number of piperazine rings is 1. The summed E-state index contributed by atoms with van der Waals surface area (Å²) in [6.45, 7) is 5.29. The molecule has 3 aromatic rings. The van der Waals surface area contributed by atoms with Gasteiger partial charge in [-0.05, 0) is 36.4 Å². The molecule has 1 amide bonds. The summed E-state index contributed by atoms with van der Waals surface area (Å²) in [4.78, 5) is 35.3. The van der Waals surface area contributed by atoms with Gasteiger partial charge in [0, 0.05) is 61.9 Å². The predicted octanol–water partition coefficient (Wildman–Crippen LogP) is 3.20. The minimum Gasteiger partial charge on any atom is -0.508 e. The lowest BCUT2D eigenvalue weighted by molar-refractivity contribution is 0.0204. The number of carbonyl (C=O) groups excluding carboxylic acids is 1.